The average molecular weight is 303 g/mol. The number of thiazole rings is 1. The standard InChI is InChI=1S/C14H13N3OS2/c1-9-15-10(7-19-9)8-20-14-16-12-6-4-3-5-11(12)13(18)17(14)2/h3-7H,8H2,1-2H3. The monoisotopic (exact) mass is 303 g/mol. The molecule has 0 saturated carbocycles. The number of fused-ring (bicyclic) bond motifs is 1. The van der Waals surface area contributed by atoms with Gasteiger partial charge in [0.05, 0.1) is 21.6 Å². The third kappa shape index (κ3) is 2.48. The second-order valence-corrected chi connectivity index (χ2v) is 6.43. The first-order valence-corrected chi connectivity index (χ1v) is 8.01. The van der Waals surface area contributed by atoms with Gasteiger partial charge in [-0.05, 0) is 19.1 Å². The Labute approximate surface area is 124 Å². The quantitative estimate of drug-likeness (QED) is 0.551. The zero-order valence-corrected chi connectivity index (χ0v) is 12.8. The van der Waals surface area contributed by atoms with Gasteiger partial charge in [0.15, 0.2) is 5.16 Å². The van der Waals surface area contributed by atoms with Gasteiger partial charge in [0.1, 0.15) is 0 Å². The van der Waals surface area contributed by atoms with Gasteiger partial charge in [0.2, 0.25) is 0 Å². The molecule has 0 aliphatic rings. The molecule has 4 nitrogen and oxygen atoms in total. The smallest absolute Gasteiger partial charge is 0.261 e. The zero-order valence-electron chi connectivity index (χ0n) is 11.2. The summed E-state index contributed by atoms with van der Waals surface area (Å²) in [7, 11) is 1.76. The van der Waals surface area contributed by atoms with Gasteiger partial charge in [-0.2, -0.15) is 0 Å². The number of nitrogens with zero attached hydrogens (tertiary/aromatic N) is 3. The lowest BCUT2D eigenvalue weighted by Crippen LogP contribution is -2.19. The van der Waals surface area contributed by atoms with Crippen LogP contribution in [-0.2, 0) is 12.8 Å². The molecule has 0 saturated heterocycles. The van der Waals surface area contributed by atoms with Crippen LogP contribution in [0.25, 0.3) is 10.9 Å². The first-order valence-electron chi connectivity index (χ1n) is 6.15. The molecule has 20 heavy (non-hydrogen) atoms. The predicted octanol–water partition coefficient (Wildman–Crippen LogP) is 2.99. The Morgan fingerprint density at radius 3 is 2.85 bits per heavy atom. The highest BCUT2D eigenvalue weighted by molar-refractivity contribution is 7.98. The Hall–Kier alpha value is -1.66. The first kappa shape index (κ1) is 13.3. The molecule has 1 aromatic carbocycles. The maximum Gasteiger partial charge on any atom is 0.261 e. The van der Waals surface area contributed by atoms with E-state index in [9.17, 15) is 4.79 Å². The largest absolute Gasteiger partial charge is 0.290 e. The van der Waals surface area contributed by atoms with E-state index in [1.54, 1.807) is 23.0 Å². The minimum absolute atomic E-state index is 0.00689. The molecule has 0 aliphatic heterocycles. The van der Waals surface area contributed by atoms with Crippen molar-refractivity contribution < 1.29 is 0 Å². The lowest BCUT2D eigenvalue weighted by Gasteiger charge is -2.07. The summed E-state index contributed by atoms with van der Waals surface area (Å²) in [6.07, 6.45) is 0. The fraction of sp³-hybridized carbons (Fsp3) is 0.214. The normalized spacial score (nSPS) is 11.1. The molecular weight excluding hydrogens is 290 g/mol. The number of thioether (sulfide) groups is 1. The van der Waals surface area contributed by atoms with Crippen LogP contribution in [0.1, 0.15) is 10.7 Å². The van der Waals surface area contributed by atoms with Crippen LogP contribution in [0, 0.1) is 6.92 Å². The molecule has 102 valence electrons. The molecule has 0 N–H and O–H groups in total. The van der Waals surface area contributed by atoms with Crippen molar-refractivity contribution in [3.05, 3.63) is 50.7 Å². The maximum absolute atomic E-state index is 12.3. The fourth-order valence-corrected chi connectivity index (χ4v) is 3.52. The molecule has 3 rings (SSSR count). The number of rotatable bonds is 3. The van der Waals surface area contributed by atoms with Crippen LogP contribution < -0.4 is 5.56 Å². The SMILES string of the molecule is Cc1nc(CSc2nc3ccccc3c(=O)n2C)cs1. The van der Waals surface area contributed by atoms with Crippen molar-refractivity contribution in [1.82, 2.24) is 14.5 Å². The number of aryl methyl sites for hydroxylation is 1. The number of hydrogen-bond acceptors (Lipinski definition) is 5. The van der Waals surface area contributed by atoms with E-state index >= 15 is 0 Å². The summed E-state index contributed by atoms with van der Waals surface area (Å²) in [5.41, 5.74) is 1.76. The van der Waals surface area contributed by atoms with Crippen LogP contribution in [0.5, 0.6) is 0 Å². The predicted molar refractivity (Wildman–Crippen MR) is 83.4 cm³/mol. The third-order valence-corrected chi connectivity index (χ3v) is 4.84. The Balaban J connectivity index is 1.95. The second kappa shape index (κ2) is 5.38. The summed E-state index contributed by atoms with van der Waals surface area (Å²) in [4.78, 5) is 21.2. The molecule has 6 heteroatoms. The number of aromatic nitrogens is 3. The lowest BCUT2D eigenvalue weighted by atomic mass is 10.2. The topological polar surface area (TPSA) is 47.8 Å². The van der Waals surface area contributed by atoms with Crippen molar-refractivity contribution in [1.29, 1.82) is 0 Å². The molecule has 2 aromatic heterocycles. The summed E-state index contributed by atoms with van der Waals surface area (Å²) >= 11 is 3.17. The lowest BCUT2D eigenvalue weighted by molar-refractivity contribution is 0.726. The van der Waals surface area contributed by atoms with Crippen LogP contribution in [0.3, 0.4) is 0 Å². The number of hydrogen-bond donors (Lipinski definition) is 0. The van der Waals surface area contributed by atoms with Gasteiger partial charge in [-0.25, -0.2) is 9.97 Å². The minimum Gasteiger partial charge on any atom is -0.290 e. The Morgan fingerprint density at radius 2 is 2.10 bits per heavy atom. The number of benzene rings is 1. The average Bonchev–Trinajstić information content (AvgIpc) is 2.87. The van der Waals surface area contributed by atoms with Crippen molar-refractivity contribution in [3.8, 4) is 0 Å². The van der Waals surface area contributed by atoms with Gasteiger partial charge in [-0.1, -0.05) is 23.9 Å². The highest BCUT2D eigenvalue weighted by atomic mass is 32.2. The Kier molecular flexibility index (Phi) is 3.58. The van der Waals surface area contributed by atoms with Crippen LogP contribution in [0.4, 0.5) is 0 Å². The van der Waals surface area contributed by atoms with Crippen molar-refractivity contribution in [2.45, 2.75) is 17.8 Å². The van der Waals surface area contributed by atoms with Crippen molar-refractivity contribution >= 4 is 34.0 Å². The molecule has 0 atom stereocenters. The van der Waals surface area contributed by atoms with E-state index in [-0.39, 0.29) is 5.56 Å². The zero-order chi connectivity index (χ0) is 14.1. The highest BCUT2D eigenvalue weighted by Gasteiger charge is 2.09. The van der Waals surface area contributed by atoms with Crippen LogP contribution in [-0.4, -0.2) is 14.5 Å². The van der Waals surface area contributed by atoms with Crippen LogP contribution >= 0.6 is 23.1 Å². The molecule has 3 aromatic rings. The minimum atomic E-state index is -0.00689. The molecule has 0 bridgehead atoms. The Morgan fingerprint density at radius 1 is 1.30 bits per heavy atom. The van der Waals surface area contributed by atoms with Gasteiger partial charge < -0.3 is 0 Å². The van der Waals surface area contributed by atoms with Crippen molar-refractivity contribution in [2.75, 3.05) is 0 Å². The van der Waals surface area contributed by atoms with E-state index in [2.05, 4.69) is 9.97 Å². The summed E-state index contributed by atoms with van der Waals surface area (Å²) in [6.45, 7) is 1.99. The van der Waals surface area contributed by atoms with Crippen LogP contribution in [0.15, 0.2) is 39.6 Å². The van der Waals surface area contributed by atoms with Crippen LogP contribution in [0.2, 0.25) is 0 Å². The van der Waals surface area contributed by atoms with E-state index in [1.165, 1.54) is 11.8 Å². The van der Waals surface area contributed by atoms with E-state index in [1.807, 2.05) is 36.6 Å². The fourth-order valence-electron chi connectivity index (χ4n) is 1.94. The molecule has 0 unspecified atom stereocenters. The van der Waals surface area contributed by atoms with Gasteiger partial charge in [0.25, 0.3) is 5.56 Å². The van der Waals surface area contributed by atoms with E-state index in [0.29, 0.717) is 5.39 Å². The molecule has 0 fully saturated rings. The van der Waals surface area contributed by atoms with Gasteiger partial charge in [0, 0.05) is 18.2 Å². The summed E-state index contributed by atoms with van der Waals surface area (Å²) < 4.78 is 1.60. The molecular formula is C14H13N3OS2. The summed E-state index contributed by atoms with van der Waals surface area (Å²) in [5, 5.41) is 4.48. The molecule has 0 aliphatic carbocycles. The second-order valence-electron chi connectivity index (χ2n) is 4.42. The molecule has 0 radical (unpaired) electrons. The van der Waals surface area contributed by atoms with E-state index in [0.717, 1.165) is 27.1 Å². The maximum atomic E-state index is 12.3. The van der Waals surface area contributed by atoms with Crippen molar-refractivity contribution in [3.63, 3.8) is 0 Å². The van der Waals surface area contributed by atoms with Crippen molar-refractivity contribution in [2.24, 2.45) is 7.05 Å². The molecule has 2 heterocycles. The van der Waals surface area contributed by atoms with E-state index in [4.69, 9.17) is 0 Å². The molecule has 0 spiro atoms. The first-order chi connectivity index (χ1) is 9.65. The van der Waals surface area contributed by atoms with Gasteiger partial charge in [-0.15, -0.1) is 11.3 Å². The van der Waals surface area contributed by atoms with Gasteiger partial charge in [-0.3, -0.25) is 9.36 Å². The molecule has 0 amide bonds. The third-order valence-electron chi connectivity index (χ3n) is 2.96. The van der Waals surface area contributed by atoms with E-state index < -0.39 is 0 Å². The van der Waals surface area contributed by atoms with Gasteiger partial charge >= 0.3 is 0 Å². The number of para-hydroxylation sites is 1. The summed E-state index contributed by atoms with van der Waals surface area (Å²) in [6, 6.07) is 7.43. The highest BCUT2D eigenvalue weighted by Crippen LogP contribution is 2.22. The Bertz CT molecular complexity index is 823. The summed E-state index contributed by atoms with van der Waals surface area (Å²) in [5.74, 6) is 0.725.